The maximum absolute atomic E-state index is 11.8. The van der Waals surface area contributed by atoms with Gasteiger partial charge < -0.3 is 10.5 Å². The van der Waals surface area contributed by atoms with Crippen LogP contribution in [0.3, 0.4) is 0 Å². The third kappa shape index (κ3) is 2.43. The van der Waals surface area contributed by atoms with Crippen molar-refractivity contribution < 1.29 is 13.9 Å². The van der Waals surface area contributed by atoms with E-state index in [1.54, 1.807) is 12.1 Å². The van der Waals surface area contributed by atoms with Gasteiger partial charge in [0.05, 0.1) is 5.69 Å². The number of halogens is 1. The minimum atomic E-state index is -0.579. The lowest BCUT2D eigenvalue weighted by Gasteiger charge is -2.06. The van der Waals surface area contributed by atoms with Crippen LogP contribution in [0.5, 0.6) is 5.75 Å². The summed E-state index contributed by atoms with van der Waals surface area (Å²) in [6.07, 6.45) is 0.682. The molecule has 0 heterocycles. The van der Waals surface area contributed by atoms with Crippen LogP contribution in [0.15, 0.2) is 18.2 Å². The molecule has 0 aliphatic heterocycles. The number of hydrogen-bond donors (Lipinski definition) is 1. The van der Waals surface area contributed by atoms with Crippen LogP contribution in [0.4, 0.5) is 10.1 Å². The number of aldehydes is 1. The molecule has 2 N–H and O–H groups in total. The van der Waals surface area contributed by atoms with Crippen molar-refractivity contribution in [3.8, 4) is 5.75 Å². The first-order chi connectivity index (χ1) is 6.27. The molecule has 4 heteroatoms. The second-order valence-electron chi connectivity index (χ2n) is 2.45. The number of alkyl halides is 1. The molecule has 1 rings (SSSR count). The van der Waals surface area contributed by atoms with Gasteiger partial charge in [0, 0.05) is 5.56 Å². The van der Waals surface area contributed by atoms with E-state index < -0.39 is 6.67 Å². The first kappa shape index (κ1) is 9.51. The standard InChI is InChI=1S/C9H10FNO2/c10-3-4-13-9-5-7(6-12)1-2-8(9)11/h1-2,5-6H,3-4,11H2. The summed E-state index contributed by atoms with van der Waals surface area (Å²) in [6.45, 7) is -0.628. The molecule has 0 unspecified atom stereocenters. The number of benzene rings is 1. The molecule has 0 aromatic heterocycles. The van der Waals surface area contributed by atoms with Crippen molar-refractivity contribution in [2.75, 3.05) is 19.0 Å². The topological polar surface area (TPSA) is 52.3 Å². The number of carbonyl (C=O) groups excluding carboxylic acids is 1. The van der Waals surface area contributed by atoms with E-state index in [9.17, 15) is 9.18 Å². The summed E-state index contributed by atoms with van der Waals surface area (Å²) in [5.74, 6) is 0.349. The Bertz CT molecular complexity index is 302. The van der Waals surface area contributed by atoms with E-state index in [2.05, 4.69) is 0 Å². The highest BCUT2D eigenvalue weighted by Gasteiger charge is 2.01. The summed E-state index contributed by atoms with van der Waals surface area (Å²) in [6, 6.07) is 4.61. The smallest absolute Gasteiger partial charge is 0.150 e. The number of anilines is 1. The molecule has 0 saturated heterocycles. The minimum Gasteiger partial charge on any atom is -0.489 e. The maximum atomic E-state index is 11.8. The van der Waals surface area contributed by atoms with Crippen molar-refractivity contribution in [1.82, 2.24) is 0 Å². The molecule has 1 aromatic carbocycles. The van der Waals surface area contributed by atoms with Crippen LogP contribution in [0.2, 0.25) is 0 Å². The fourth-order valence-electron chi connectivity index (χ4n) is 0.898. The molecule has 0 atom stereocenters. The number of nitrogens with two attached hydrogens (primary N) is 1. The lowest BCUT2D eigenvalue weighted by atomic mass is 10.2. The fourth-order valence-corrected chi connectivity index (χ4v) is 0.898. The highest BCUT2D eigenvalue weighted by Crippen LogP contribution is 2.21. The molecule has 3 nitrogen and oxygen atoms in total. The average Bonchev–Trinajstić information content (AvgIpc) is 2.17. The molecule has 13 heavy (non-hydrogen) atoms. The minimum absolute atomic E-state index is 0.0491. The van der Waals surface area contributed by atoms with Crippen LogP contribution in [0.1, 0.15) is 10.4 Å². The second-order valence-corrected chi connectivity index (χ2v) is 2.45. The van der Waals surface area contributed by atoms with Crippen LogP contribution in [0.25, 0.3) is 0 Å². The molecule has 0 amide bonds. The second kappa shape index (κ2) is 4.45. The third-order valence-electron chi connectivity index (χ3n) is 1.51. The van der Waals surface area contributed by atoms with E-state index in [1.807, 2.05) is 0 Å². The van der Waals surface area contributed by atoms with Gasteiger partial charge in [0.2, 0.25) is 0 Å². The van der Waals surface area contributed by atoms with Gasteiger partial charge in [-0.05, 0) is 18.2 Å². The zero-order valence-electron chi connectivity index (χ0n) is 7.00. The first-order valence-corrected chi connectivity index (χ1v) is 3.81. The van der Waals surface area contributed by atoms with Crippen LogP contribution in [-0.2, 0) is 0 Å². The largest absolute Gasteiger partial charge is 0.489 e. The monoisotopic (exact) mass is 183 g/mol. The number of rotatable bonds is 4. The van der Waals surface area contributed by atoms with Crippen molar-refractivity contribution in [1.29, 1.82) is 0 Å². The number of hydrogen-bond acceptors (Lipinski definition) is 3. The molecule has 0 spiro atoms. The van der Waals surface area contributed by atoms with Gasteiger partial charge in [-0.3, -0.25) is 4.79 Å². The maximum Gasteiger partial charge on any atom is 0.150 e. The normalized spacial score (nSPS) is 9.62. The summed E-state index contributed by atoms with van der Waals surface area (Å²) in [4.78, 5) is 10.4. The molecule has 0 aliphatic carbocycles. The Kier molecular flexibility index (Phi) is 3.25. The van der Waals surface area contributed by atoms with Gasteiger partial charge in [-0.2, -0.15) is 0 Å². The van der Waals surface area contributed by atoms with Crippen LogP contribution < -0.4 is 10.5 Å². The van der Waals surface area contributed by atoms with E-state index in [0.717, 1.165) is 0 Å². The molecular weight excluding hydrogens is 173 g/mol. The quantitative estimate of drug-likeness (QED) is 0.567. The zero-order chi connectivity index (χ0) is 9.68. The highest BCUT2D eigenvalue weighted by atomic mass is 19.1. The molecule has 0 saturated carbocycles. The molecule has 0 bridgehead atoms. The summed E-state index contributed by atoms with van der Waals surface area (Å²) < 4.78 is 16.7. The van der Waals surface area contributed by atoms with Crippen molar-refractivity contribution >= 4 is 12.0 Å². The summed E-state index contributed by atoms with van der Waals surface area (Å²) in [5, 5.41) is 0. The molecule has 0 aliphatic rings. The van der Waals surface area contributed by atoms with E-state index in [0.29, 0.717) is 23.3 Å². The predicted molar refractivity (Wildman–Crippen MR) is 47.7 cm³/mol. The van der Waals surface area contributed by atoms with Gasteiger partial charge in [0.25, 0.3) is 0 Å². The Balaban J connectivity index is 2.83. The average molecular weight is 183 g/mol. The van der Waals surface area contributed by atoms with E-state index in [1.165, 1.54) is 6.07 Å². The van der Waals surface area contributed by atoms with Gasteiger partial charge in [0.15, 0.2) is 0 Å². The lowest BCUT2D eigenvalue weighted by Crippen LogP contribution is -2.02. The first-order valence-electron chi connectivity index (χ1n) is 3.81. The van der Waals surface area contributed by atoms with Gasteiger partial charge in [-0.15, -0.1) is 0 Å². The number of carbonyl (C=O) groups is 1. The van der Waals surface area contributed by atoms with Crippen molar-refractivity contribution in [3.63, 3.8) is 0 Å². The van der Waals surface area contributed by atoms with Gasteiger partial charge in [0.1, 0.15) is 25.3 Å². The summed E-state index contributed by atoms with van der Waals surface area (Å²) in [5.41, 5.74) is 6.38. The summed E-state index contributed by atoms with van der Waals surface area (Å²) >= 11 is 0. The number of nitrogen functional groups attached to an aromatic ring is 1. The zero-order valence-corrected chi connectivity index (χ0v) is 7.00. The van der Waals surface area contributed by atoms with Crippen LogP contribution in [0, 0.1) is 0 Å². The van der Waals surface area contributed by atoms with Crippen LogP contribution >= 0.6 is 0 Å². The Morgan fingerprint density at radius 3 is 2.92 bits per heavy atom. The van der Waals surface area contributed by atoms with E-state index in [4.69, 9.17) is 10.5 Å². The third-order valence-corrected chi connectivity index (χ3v) is 1.51. The molecule has 0 fully saturated rings. The van der Waals surface area contributed by atoms with Gasteiger partial charge in [-0.25, -0.2) is 4.39 Å². The van der Waals surface area contributed by atoms with E-state index in [-0.39, 0.29) is 6.61 Å². The Morgan fingerprint density at radius 1 is 1.54 bits per heavy atom. The molecular formula is C9H10FNO2. The van der Waals surface area contributed by atoms with Gasteiger partial charge >= 0.3 is 0 Å². The Hall–Kier alpha value is -1.58. The SMILES string of the molecule is Nc1ccc(C=O)cc1OCCF. The fraction of sp³-hybridized carbons (Fsp3) is 0.222. The highest BCUT2D eigenvalue weighted by molar-refractivity contribution is 5.77. The Labute approximate surface area is 75.3 Å². The summed E-state index contributed by atoms with van der Waals surface area (Å²) in [7, 11) is 0. The predicted octanol–water partition coefficient (Wildman–Crippen LogP) is 1.43. The lowest BCUT2D eigenvalue weighted by molar-refractivity contribution is 0.112. The Morgan fingerprint density at radius 2 is 2.31 bits per heavy atom. The van der Waals surface area contributed by atoms with Crippen molar-refractivity contribution in [3.05, 3.63) is 23.8 Å². The van der Waals surface area contributed by atoms with E-state index >= 15 is 0 Å². The molecule has 0 radical (unpaired) electrons. The van der Waals surface area contributed by atoms with Crippen LogP contribution in [-0.4, -0.2) is 19.6 Å². The van der Waals surface area contributed by atoms with Gasteiger partial charge in [-0.1, -0.05) is 0 Å². The number of ether oxygens (including phenoxy) is 1. The van der Waals surface area contributed by atoms with Crippen molar-refractivity contribution in [2.24, 2.45) is 0 Å². The molecule has 70 valence electrons. The van der Waals surface area contributed by atoms with Crippen molar-refractivity contribution in [2.45, 2.75) is 0 Å². The molecule has 1 aromatic rings.